The van der Waals surface area contributed by atoms with Gasteiger partial charge in [-0.1, -0.05) is 0 Å². The third kappa shape index (κ3) is 6.10. The zero-order valence-corrected chi connectivity index (χ0v) is 19.6. The maximum Gasteiger partial charge on any atom is 0.226 e. The van der Waals surface area contributed by atoms with Crippen molar-refractivity contribution in [2.45, 2.75) is 32.6 Å². The fourth-order valence-electron chi connectivity index (χ4n) is 3.90. The Labute approximate surface area is 199 Å². The lowest BCUT2D eigenvalue weighted by Gasteiger charge is -2.27. The molecule has 178 valence electrons. The van der Waals surface area contributed by atoms with Crippen LogP contribution >= 0.6 is 0 Å². The van der Waals surface area contributed by atoms with Gasteiger partial charge in [-0.3, -0.25) is 19.4 Å². The lowest BCUT2D eigenvalue weighted by Crippen LogP contribution is -2.35. The molecular weight excluding hydrogens is 432 g/mol. The highest BCUT2D eigenvalue weighted by Crippen LogP contribution is 2.25. The van der Waals surface area contributed by atoms with Crippen LogP contribution in [0.2, 0.25) is 0 Å². The standard InChI is InChI=1S/C26H30N4O4/c1-19(28-20-6-12-23(34-2)13-7-20)24(25(27)17-31)14-16-29(18-32)21-8-10-22(11-9-21)30-15-4-3-5-26(30)33/h6-13,17-18H,3-5,14-16,27H2,1-2H3. The summed E-state index contributed by atoms with van der Waals surface area (Å²) < 4.78 is 5.16. The molecule has 34 heavy (non-hydrogen) atoms. The van der Waals surface area contributed by atoms with Crippen molar-refractivity contribution in [3.63, 3.8) is 0 Å². The van der Waals surface area contributed by atoms with Crippen LogP contribution < -0.4 is 20.3 Å². The topological polar surface area (TPSA) is 105 Å². The third-order valence-corrected chi connectivity index (χ3v) is 5.83. The van der Waals surface area contributed by atoms with Crippen LogP contribution in [-0.4, -0.2) is 44.5 Å². The molecule has 0 atom stereocenters. The number of methoxy groups -OCH3 is 1. The summed E-state index contributed by atoms with van der Waals surface area (Å²) in [6.07, 6.45) is 4.16. The quantitative estimate of drug-likeness (QED) is 0.329. The number of carbonyl (C=O) groups is 3. The number of hydrogen-bond acceptors (Lipinski definition) is 6. The van der Waals surface area contributed by atoms with Gasteiger partial charge >= 0.3 is 0 Å². The number of aldehydes is 1. The molecule has 8 heteroatoms. The van der Waals surface area contributed by atoms with Gasteiger partial charge in [0.2, 0.25) is 12.3 Å². The van der Waals surface area contributed by atoms with Crippen LogP contribution in [0.15, 0.2) is 64.8 Å². The molecule has 8 nitrogen and oxygen atoms in total. The molecule has 3 rings (SSSR count). The Morgan fingerprint density at radius 3 is 2.41 bits per heavy atom. The minimum Gasteiger partial charge on any atom is -0.497 e. The van der Waals surface area contributed by atoms with E-state index in [-0.39, 0.29) is 11.6 Å². The van der Waals surface area contributed by atoms with Gasteiger partial charge in [-0.05, 0) is 74.7 Å². The largest absolute Gasteiger partial charge is 0.497 e. The molecule has 1 aliphatic rings. The molecule has 1 fully saturated rings. The van der Waals surface area contributed by atoms with Crippen molar-refractivity contribution < 1.29 is 19.1 Å². The fourth-order valence-corrected chi connectivity index (χ4v) is 3.90. The SMILES string of the molecule is COc1ccc(N=C(C)C(CCN(C=O)c2ccc(N3CCCCC3=O)cc2)=C(N)C=O)cc1. The average molecular weight is 463 g/mol. The minimum absolute atomic E-state index is 0.0829. The van der Waals surface area contributed by atoms with Crippen LogP contribution in [0, 0.1) is 0 Å². The molecule has 2 aromatic rings. The van der Waals surface area contributed by atoms with Gasteiger partial charge in [0.25, 0.3) is 0 Å². The van der Waals surface area contributed by atoms with E-state index >= 15 is 0 Å². The molecule has 2 N–H and O–H groups in total. The van der Waals surface area contributed by atoms with E-state index in [1.807, 2.05) is 36.4 Å². The van der Waals surface area contributed by atoms with Crippen molar-refractivity contribution in [2.75, 3.05) is 30.0 Å². The smallest absolute Gasteiger partial charge is 0.226 e. The number of benzene rings is 2. The van der Waals surface area contributed by atoms with Gasteiger partial charge in [0.1, 0.15) is 5.75 Å². The summed E-state index contributed by atoms with van der Waals surface area (Å²) in [6, 6.07) is 14.5. The molecule has 1 aliphatic heterocycles. The van der Waals surface area contributed by atoms with E-state index in [2.05, 4.69) is 4.99 Å². The van der Waals surface area contributed by atoms with Crippen molar-refractivity contribution >= 4 is 41.4 Å². The van der Waals surface area contributed by atoms with Crippen molar-refractivity contribution in [3.05, 3.63) is 59.8 Å². The molecule has 0 aliphatic carbocycles. The van der Waals surface area contributed by atoms with Crippen molar-refractivity contribution in [2.24, 2.45) is 10.7 Å². The number of nitrogens with two attached hydrogens (primary N) is 1. The summed E-state index contributed by atoms with van der Waals surface area (Å²) in [6.45, 7) is 2.80. The van der Waals surface area contributed by atoms with Crippen LogP contribution in [0.4, 0.5) is 17.1 Å². The lowest BCUT2D eigenvalue weighted by atomic mass is 10.0. The first-order valence-electron chi connectivity index (χ1n) is 11.2. The van der Waals surface area contributed by atoms with Gasteiger partial charge in [0.15, 0.2) is 6.29 Å². The van der Waals surface area contributed by atoms with Crippen molar-refractivity contribution in [3.8, 4) is 5.75 Å². The van der Waals surface area contributed by atoms with E-state index in [9.17, 15) is 14.4 Å². The minimum atomic E-state index is 0.0829. The van der Waals surface area contributed by atoms with Gasteiger partial charge < -0.3 is 20.3 Å². The van der Waals surface area contributed by atoms with Crippen molar-refractivity contribution in [1.82, 2.24) is 0 Å². The molecule has 0 spiro atoms. The highest BCUT2D eigenvalue weighted by atomic mass is 16.5. The number of rotatable bonds is 10. The Hall–Kier alpha value is -3.94. The Morgan fingerprint density at radius 2 is 1.82 bits per heavy atom. The number of nitrogens with zero attached hydrogens (tertiary/aromatic N) is 3. The molecular formula is C26H30N4O4. The summed E-state index contributed by atoms with van der Waals surface area (Å²) in [5, 5.41) is 0. The summed E-state index contributed by atoms with van der Waals surface area (Å²) in [5.41, 5.74) is 9.44. The highest BCUT2D eigenvalue weighted by Gasteiger charge is 2.20. The molecule has 1 saturated heterocycles. The molecule has 2 amide bonds. The molecule has 1 heterocycles. The number of amides is 2. The molecule has 0 bridgehead atoms. The second kappa shape index (κ2) is 11.8. The molecule has 0 unspecified atom stereocenters. The zero-order valence-electron chi connectivity index (χ0n) is 19.6. The van der Waals surface area contributed by atoms with Gasteiger partial charge in [-0.25, -0.2) is 0 Å². The summed E-state index contributed by atoms with van der Waals surface area (Å²) in [7, 11) is 1.59. The van der Waals surface area contributed by atoms with Gasteiger partial charge in [-0.2, -0.15) is 0 Å². The van der Waals surface area contributed by atoms with E-state index in [1.165, 1.54) is 0 Å². The van der Waals surface area contributed by atoms with Gasteiger partial charge in [0, 0.05) is 42.2 Å². The van der Waals surface area contributed by atoms with Crippen LogP contribution in [0.3, 0.4) is 0 Å². The average Bonchev–Trinajstić information content (AvgIpc) is 2.87. The van der Waals surface area contributed by atoms with E-state index in [4.69, 9.17) is 10.5 Å². The first kappa shape index (κ1) is 24.7. The number of piperidine rings is 1. The molecule has 0 aromatic heterocycles. The highest BCUT2D eigenvalue weighted by molar-refractivity contribution is 6.03. The Kier molecular flexibility index (Phi) is 8.56. The predicted octanol–water partition coefficient (Wildman–Crippen LogP) is 3.77. The predicted molar refractivity (Wildman–Crippen MR) is 134 cm³/mol. The second-order valence-electron chi connectivity index (χ2n) is 8.01. The molecule has 0 saturated carbocycles. The van der Waals surface area contributed by atoms with E-state index in [0.717, 1.165) is 30.7 Å². The van der Waals surface area contributed by atoms with Crippen LogP contribution in [0.25, 0.3) is 0 Å². The summed E-state index contributed by atoms with van der Waals surface area (Å²) in [5.74, 6) is 0.842. The third-order valence-electron chi connectivity index (χ3n) is 5.83. The van der Waals surface area contributed by atoms with Gasteiger partial charge in [0.05, 0.1) is 18.5 Å². The van der Waals surface area contributed by atoms with Crippen LogP contribution in [-0.2, 0) is 14.4 Å². The second-order valence-corrected chi connectivity index (χ2v) is 8.01. The maximum atomic E-state index is 12.2. The lowest BCUT2D eigenvalue weighted by molar-refractivity contribution is -0.119. The first-order valence-corrected chi connectivity index (χ1v) is 11.2. The van der Waals surface area contributed by atoms with Crippen molar-refractivity contribution in [1.29, 1.82) is 0 Å². The van der Waals surface area contributed by atoms with Crippen LogP contribution in [0.5, 0.6) is 5.75 Å². The maximum absolute atomic E-state index is 12.2. The van der Waals surface area contributed by atoms with E-state index in [1.54, 1.807) is 36.0 Å². The van der Waals surface area contributed by atoms with Crippen LogP contribution in [0.1, 0.15) is 32.6 Å². The summed E-state index contributed by atoms with van der Waals surface area (Å²) in [4.78, 5) is 43.3. The Bertz CT molecular complexity index is 1070. The molecule has 2 aromatic carbocycles. The van der Waals surface area contributed by atoms with Gasteiger partial charge in [-0.15, -0.1) is 0 Å². The summed E-state index contributed by atoms with van der Waals surface area (Å²) >= 11 is 0. The van der Waals surface area contributed by atoms with E-state index < -0.39 is 0 Å². The number of ether oxygens (including phenoxy) is 1. The first-order chi connectivity index (χ1) is 16.5. The number of aliphatic imine (C=N–C) groups is 1. The number of carbonyl (C=O) groups excluding carboxylic acids is 3. The fraction of sp³-hybridized carbons (Fsp3) is 0.308. The Morgan fingerprint density at radius 1 is 1.12 bits per heavy atom. The number of hydrogen-bond donors (Lipinski definition) is 1. The molecule has 0 radical (unpaired) electrons. The normalized spacial score (nSPS) is 14.9. The zero-order chi connectivity index (χ0) is 24.5. The number of allylic oxidation sites excluding steroid dienone is 1. The monoisotopic (exact) mass is 462 g/mol. The van der Waals surface area contributed by atoms with E-state index in [0.29, 0.717) is 54.9 Å². The Balaban J connectivity index is 1.73. The number of anilines is 2.